The van der Waals surface area contributed by atoms with Gasteiger partial charge in [0.25, 0.3) is 0 Å². The second-order valence-corrected chi connectivity index (χ2v) is 9.74. The Hall–Kier alpha value is -3.12. The van der Waals surface area contributed by atoms with E-state index >= 15 is 0 Å². The van der Waals surface area contributed by atoms with Gasteiger partial charge in [-0.05, 0) is 54.0 Å². The summed E-state index contributed by atoms with van der Waals surface area (Å²) in [5.74, 6) is 0.352. The Labute approximate surface area is 194 Å². The molecule has 1 unspecified atom stereocenters. The van der Waals surface area contributed by atoms with Gasteiger partial charge < -0.3 is 20.1 Å². The zero-order valence-electron chi connectivity index (χ0n) is 19.1. The van der Waals surface area contributed by atoms with Gasteiger partial charge in [-0.25, -0.2) is 4.79 Å². The number of aromatic hydroxyl groups is 1. The summed E-state index contributed by atoms with van der Waals surface area (Å²) >= 11 is 0. The molecule has 6 heteroatoms. The molecule has 0 radical (unpaired) electrons. The van der Waals surface area contributed by atoms with E-state index < -0.39 is 5.60 Å². The number of hydrogen-bond acceptors (Lipinski definition) is 5. The molecule has 6 nitrogen and oxygen atoms in total. The third kappa shape index (κ3) is 3.82. The summed E-state index contributed by atoms with van der Waals surface area (Å²) < 4.78 is 6.13. The minimum atomic E-state index is -0.815. The van der Waals surface area contributed by atoms with E-state index in [2.05, 4.69) is 19.2 Å². The fourth-order valence-corrected chi connectivity index (χ4v) is 5.52. The lowest BCUT2D eigenvalue weighted by atomic mass is 9.77. The van der Waals surface area contributed by atoms with Gasteiger partial charge in [0, 0.05) is 30.8 Å². The summed E-state index contributed by atoms with van der Waals surface area (Å²) in [6, 6.07) is 14.9. The Balaban J connectivity index is 1.42. The zero-order valence-corrected chi connectivity index (χ0v) is 19.1. The topological polar surface area (TPSA) is 78.9 Å². The molecule has 0 fully saturated rings. The highest BCUT2D eigenvalue weighted by molar-refractivity contribution is 5.94. The average Bonchev–Trinajstić information content (AvgIpc) is 3.10. The SMILES string of the molecule is CC(C)CC1(c2ccccc2)OC(=O)C2=C1CN(C(=O)[C@H]1Cc3ccc(O)cc3CN1)CC2. The predicted octanol–water partition coefficient (Wildman–Crippen LogP) is 3.43. The lowest BCUT2D eigenvalue weighted by Crippen LogP contribution is -2.52. The van der Waals surface area contributed by atoms with E-state index in [0.717, 1.165) is 27.8 Å². The van der Waals surface area contributed by atoms with Crippen LogP contribution in [-0.2, 0) is 32.9 Å². The molecule has 3 heterocycles. The van der Waals surface area contributed by atoms with Gasteiger partial charge in [0.05, 0.1) is 6.04 Å². The van der Waals surface area contributed by atoms with Crippen LogP contribution in [0.5, 0.6) is 5.75 Å². The van der Waals surface area contributed by atoms with Crippen molar-refractivity contribution in [1.29, 1.82) is 0 Å². The lowest BCUT2D eigenvalue weighted by molar-refractivity contribution is -0.149. The highest BCUT2D eigenvalue weighted by atomic mass is 16.6. The first-order chi connectivity index (χ1) is 15.9. The summed E-state index contributed by atoms with van der Waals surface area (Å²) in [4.78, 5) is 28.3. The first kappa shape index (κ1) is 21.7. The summed E-state index contributed by atoms with van der Waals surface area (Å²) in [5, 5.41) is 13.1. The smallest absolute Gasteiger partial charge is 0.335 e. The van der Waals surface area contributed by atoms with E-state index in [1.165, 1.54) is 0 Å². The van der Waals surface area contributed by atoms with Crippen molar-refractivity contribution in [2.75, 3.05) is 13.1 Å². The Kier molecular flexibility index (Phi) is 5.49. The molecular formula is C27H30N2O4. The monoisotopic (exact) mass is 446 g/mol. The van der Waals surface area contributed by atoms with Crippen molar-refractivity contribution in [2.45, 2.75) is 51.3 Å². The maximum Gasteiger partial charge on any atom is 0.335 e. The first-order valence-corrected chi connectivity index (χ1v) is 11.7. The van der Waals surface area contributed by atoms with Crippen molar-refractivity contribution >= 4 is 11.9 Å². The van der Waals surface area contributed by atoms with Crippen LogP contribution in [0.4, 0.5) is 0 Å². The number of phenols is 1. The third-order valence-electron chi connectivity index (χ3n) is 7.04. The van der Waals surface area contributed by atoms with Crippen molar-refractivity contribution in [2.24, 2.45) is 5.92 Å². The van der Waals surface area contributed by atoms with Gasteiger partial charge in [0.2, 0.25) is 5.91 Å². The van der Waals surface area contributed by atoms with Crippen LogP contribution in [0.3, 0.4) is 0 Å². The van der Waals surface area contributed by atoms with Crippen molar-refractivity contribution in [3.63, 3.8) is 0 Å². The number of hydrogen-bond donors (Lipinski definition) is 2. The summed E-state index contributed by atoms with van der Waals surface area (Å²) in [5.41, 5.74) is 3.94. The van der Waals surface area contributed by atoms with Crippen molar-refractivity contribution < 1.29 is 19.4 Å². The number of carbonyl (C=O) groups excluding carboxylic acids is 2. The molecule has 2 atom stereocenters. The van der Waals surface area contributed by atoms with Gasteiger partial charge >= 0.3 is 5.97 Å². The van der Waals surface area contributed by atoms with Gasteiger partial charge in [0.15, 0.2) is 5.60 Å². The number of cyclic esters (lactones) is 1. The first-order valence-electron chi connectivity index (χ1n) is 11.7. The average molecular weight is 447 g/mol. The highest BCUT2D eigenvalue weighted by Gasteiger charge is 2.51. The van der Waals surface area contributed by atoms with E-state index in [1.807, 2.05) is 41.3 Å². The van der Waals surface area contributed by atoms with E-state index in [0.29, 0.717) is 44.8 Å². The molecule has 0 aliphatic carbocycles. The molecule has 0 spiro atoms. The molecule has 3 aliphatic heterocycles. The van der Waals surface area contributed by atoms with Gasteiger partial charge in [-0.1, -0.05) is 50.2 Å². The normalized spacial score (nSPS) is 24.5. The van der Waals surface area contributed by atoms with Gasteiger partial charge in [-0.3, -0.25) is 4.79 Å². The Morgan fingerprint density at radius 2 is 2.00 bits per heavy atom. The molecular weight excluding hydrogens is 416 g/mol. The number of benzene rings is 2. The van der Waals surface area contributed by atoms with Crippen LogP contribution in [0.15, 0.2) is 59.7 Å². The standard InChI is InChI=1S/C27H30N2O4/c1-17(2)14-27(20-6-4-3-5-7-20)23-16-29(11-10-22(23)26(32)33-27)25(31)24-13-18-8-9-21(30)12-19(18)15-28-24/h3-9,12,17,24,28,30H,10-11,13-16H2,1-2H3/t24-,27?/m1/s1. The molecule has 33 heavy (non-hydrogen) atoms. The minimum Gasteiger partial charge on any atom is -0.508 e. The number of esters is 1. The number of carbonyl (C=O) groups is 2. The van der Waals surface area contributed by atoms with Crippen LogP contribution >= 0.6 is 0 Å². The maximum absolute atomic E-state index is 13.5. The van der Waals surface area contributed by atoms with E-state index in [4.69, 9.17) is 4.74 Å². The fraction of sp³-hybridized carbons (Fsp3) is 0.407. The van der Waals surface area contributed by atoms with Gasteiger partial charge in [-0.2, -0.15) is 0 Å². The molecule has 0 bridgehead atoms. The van der Waals surface area contributed by atoms with Gasteiger partial charge in [-0.15, -0.1) is 0 Å². The second kappa shape index (κ2) is 8.34. The number of ether oxygens (including phenoxy) is 1. The van der Waals surface area contributed by atoms with E-state index in [9.17, 15) is 14.7 Å². The van der Waals surface area contributed by atoms with Crippen molar-refractivity contribution in [3.05, 3.63) is 76.4 Å². The van der Waals surface area contributed by atoms with Crippen LogP contribution in [0.25, 0.3) is 0 Å². The Bertz CT molecular complexity index is 1120. The van der Waals surface area contributed by atoms with Crippen molar-refractivity contribution in [3.8, 4) is 5.75 Å². The number of amides is 1. The fourth-order valence-electron chi connectivity index (χ4n) is 5.52. The van der Waals surface area contributed by atoms with Gasteiger partial charge in [0.1, 0.15) is 5.75 Å². The number of nitrogens with one attached hydrogen (secondary N) is 1. The summed E-state index contributed by atoms with van der Waals surface area (Å²) in [7, 11) is 0. The third-order valence-corrected chi connectivity index (χ3v) is 7.04. The van der Waals surface area contributed by atoms with E-state index in [-0.39, 0.29) is 23.7 Å². The molecule has 0 aromatic heterocycles. The maximum atomic E-state index is 13.5. The number of nitrogens with zero attached hydrogens (tertiary/aromatic N) is 1. The number of phenolic OH excluding ortho intramolecular Hbond substituents is 1. The summed E-state index contributed by atoms with van der Waals surface area (Å²) in [6.45, 7) is 5.72. The Morgan fingerprint density at radius 1 is 1.21 bits per heavy atom. The molecule has 3 aliphatic rings. The molecule has 0 saturated heterocycles. The molecule has 172 valence electrons. The largest absolute Gasteiger partial charge is 0.508 e. The highest BCUT2D eigenvalue weighted by Crippen LogP contribution is 2.48. The van der Waals surface area contributed by atoms with Crippen LogP contribution in [-0.4, -0.2) is 41.0 Å². The lowest BCUT2D eigenvalue weighted by Gasteiger charge is -2.38. The van der Waals surface area contributed by atoms with Crippen LogP contribution < -0.4 is 5.32 Å². The molecule has 5 rings (SSSR count). The minimum absolute atomic E-state index is 0.0473. The second-order valence-electron chi connectivity index (χ2n) is 9.74. The molecule has 2 aromatic carbocycles. The van der Waals surface area contributed by atoms with Crippen LogP contribution in [0, 0.1) is 5.92 Å². The number of rotatable bonds is 4. The van der Waals surface area contributed by atoms with Crippen LogP contribution in [0.2, 0.25) is 0 Å². The van der Waals surface area contributed by atoms with E-state index in [1.54, 1.807) is 12.1 Å². The molecule has 2 aromatic rings. The van der Waals surface area contributed by atoms with Crippen molar-refractivity contribution in [1.82, 2.24) is 10.2 Å². The number of fused-ring (bicyclic) bond motifs is 1. The van der Waals surface area contributed by atoms with Crippen LogP contribution in [0.1, 0.15) is 43.4 Å². The molecule has 1 amide bonds. The molecule has 0 saturated carbocycles. The predicted molar refractivity (Wildman–Crippen MR) is 124 cm³/mol. The zero-order chi connectivity index (χ0) is 23.2. The molecule has 2 N–H and O–H groups in total. The summed E-state index contributed by atoms with van der Waals surface area (Å²) in [6.07, 6.45) is 1.79. The quantitative estimate of drug-likeness (QED) is 0.704. The Morgan fingerprint density at radius 3 is 2.76 bits per heavy atom.